The van der Waals surface area contributed by atoms with Crippen molar-refractivity contribution < 1.29 is 9.53 Å². The van der Waals surface area contributed by atoms with Gasteiger partial charge in [-0.3, -0.25) is 4.79 Å². The molecule has 0 radical (unpaired) electrons. The molecule has 0 aliphatic heterocycles. The molecule has 1 N–H and O–H groups in total. The van der Waals surface area contributed by atoms with Gasteiger partial charge in [0.2, 0.25) is 0 Å². The first-order valence-corrected chi connectivity index (χ1v) is 7.35. The summed E-state index contributed by atoms with van der Waals surface area (Å²) in [5, 5.41) is 3.51. The fourth-order valence-electron chi connectivity index (χ4n) is 1.75. The zero-order valence-electron chi connectivity index (χ0n) is 11.5. The van der Waals surface area contributed by atoms with E-state index in [-0.39, 0.29) is 5.91 Å². The van der Waals surface area contributed by atoms with Crippen molar-refractivity contribution in [3.63, 3.8) is 0 Å². The van der Waals surface area contributed by atoms with Gasteiger partial charge >= 0.3 is 0 Å². The van der Waals surface area contributed by atoms with Gasteiger partial charge in [-0.2, -0.15) is 0 Å². The SMILES string of the molecule is CCCOc1cccc(C(=O)Nc2c(Cl)cccc2Cl)c1. The van der Waals surface area contributed by atoms with Gasteiger partial charge < -0.3 is 10.1 Å². The average molecular weight is 324 g/mol. The van der Waals surface area contributed by atoms with Crippen LogP contribution in [-0.4, -0.2) is 12.5 Å². The van der Waals surface area contributed by atoms with Crippen LogP contribution in [-0.2, 0) is 0 Å². The first-order valence-electron chi connectivity index (χ1n) is 6.60. The normalized spacial score (nSPS) is 10.2. The number of para-hydroxylation sites is 1. The summed E-state index contributed by atoms with van der Waals surface area (Å²) >= 11 is 12.1. The summed E-state index contributed by atoms with van der Waals surface area (Å²) in [4.78, 5) is 12.3. The molecule has 21 heavy (non-hydrogen) atoms. The molecule has 110 valence electrons. The van der Waals surface area contributed by atoms with Gasteiger partial charge in [0.1, 0.15) is 5.75 Å². The maximum Gasteiger partial charge on any atom is 0.255 e. The summed E-state index contributed by atoms with van der Waals surface area (Å²) in [6.07, 6.45) is 0.908. The van der Waals surface area contributed by atoms with Crippen LogP contribution in [0.1, 0.15) is 23.7 Å². The number of amides is 1. The van der Waals surface area contributed by atoms with E-state index in [1.807, 2.05) is 13.0 Å². The van der Waals surface area contributed by atoms with Crippen molar-refractivity contribution in [2.24, 2.45) is 0 Å². The van der Waals surface area contributed by atoms with Crippen LogP contribution in [0, 0.1) is 0 Å². The lowest BCUT2D eigenvalue weighted by Crippen LogP contribution is -2.12. The molecule has 0 aliphatic carbocycles. The van der Waals surface area contributed by atoms with Gasteiger partial charge in [-0.1, -0.05) is 42.3 Å². The first-order chi connectivity index (χ1) is 10.1. The van der Waals surface area contributed by atoms with Gasteiger partial charge in [-0.05, 0) is 36.8 Å². The Morgan fingerprint density at radius 2 is 1.81 bits per heavy atom. The molecule has 0 aromatic heterocycles. The molecule has 1 amide bonds. The van der Waals surface area contributed by atoms with Crippen molar-refractivity contribution in [1.82, 2.24) is 0 Å². The fourth-order valence-corrected chi connectivity index (χ4v) is 2.24. The van der Waals surface area contributed by atoms with Crippen LogP contribution in [0.4, 0.5) is 5.69 Å². The maximum atomic E-state index is 12.3. The Bertz CT molecular complexity index is 624. The number of hydrogen-bond acceptors (Lipinski definition) is 2. The van der Waals surface area contributed by atoms with Gasteiger partial charge in [0.25, 0.3) is 5.91 Å². The van der Waals surface area contributed by atoms with E-state index in [2.05, 4.69) is 5.32 Å². The van der Waals surface area contributed by atoms with E-state index in [1.165, 1.54) is 0 Å². The average Bonchev–Trinajstić information content (AvgIpc) is 2.49. The standard InChI is InChI=1S/C16H15Cl2NO2/c1-2-9-21-12-6-3-5-11(10-12)16(20)19-15-13(17)7-4-8-14(15)18/h3-8,10H,2,9H2,1H3,(H,19,20). The zero-order chi connectivity index (χ0) is 15.2. The third-order valence-corrected chi connectivity index (χ3v) is 3.40. The van der Waals surface area contributed by atoms with E-state index in [1.54, 1.807) is 36.4 Å². The molecule has 5 heteroatoms. The molecule has 2 aromatic rings. The minimum atomic E-state index is -0.285. The summed E-state index contributed by atoms with van der Waals surface area (Å²) in [7, 11) is 0. The lowest BCUT2D eigenvalue weighted by Gasteiger charge is -2.10. The third kappa shape index (κ3) is 4.13. The Hall–Kier alpha value is -1.71. The van der Waals surface area contributed by atoms with Crippen molar-refractivity contribution in [2.45, 2.75) is 13.3 Å². The van der Waals surface area contributed by atoms with Crippen molar-refractivity contribution in [3.05, 3.63) is 58.1 Å². The van der Waals surface area contributed by atoms with E-state index in [0.29, 0.717) is 33.7 Å². The second-order valence-electron chi connectivity index (χ2n) is 4.43. The van der Waals surface area contributed by atoms with Crippen LogP contribution in [0.2, 0.25) is 10.0 Å². The molecule has 0 saturated heterocycles. The van der Waals surface area contributed by atoms with Crippen LogP contribution < -0.4 is 10.1 Å². The zero-order valence-corrected chi connectivity index (χ0v) is 13.0. The monoisotopic (exact) mass is 323 g/mol. The molecular weight excluding hydrogens is 309 g/mol. The summed E-state index contributed by atoms with van der Waals surface area (Å²) in [6.45, 7) is 2.64. The fraction of sp³-hybridized carbons (Fsp3) is 0.188. The number of benzene rings is 2. The van der Waals surface area contributed by atoms with Crippen molar-refractivity contribution in [2.75, 3.05) is 11.9 Å². The minimum absolute atomic E-state index is 0.285. The molecule has 0 fully saturated rings. The number of ether oxygens (including phenoxy) is 1. The Morgan fingerprint density at radius 1 is 1.14 bits per heavy atom. The van der Waals surface area contributed by atoms with E-state index < -0.39 is 0 Å². The van der Waals surface area contributed by atoms with Gasteiger partial charge in [0.15, 0.2) is 0 Å². The molecule has 0 bridgehead atoms. The highest BCUT2D eigenvalue weighted by molar-refractivity contribution is 6.40. The summed E-state index contributed by atoms with van der Waals surface area (Å²) in [5.74, 6) is 0.377. The predicted molar refractivity (Wildman–Crippen MR) is 86.6 cm³/mol. The predicted octanol–water partition coefficient (Wildman–Crippen LogP) is 5.03. The van der Waals surface area contributed by atoms with Crippen LogP contribution in [0.25, 0.3) is 0 Å². The second-order valence-corrected chi connectivity index (χ2v) is 5.24. The number of hydrogen-bond donors (Lipinski definition) is 1. The molecule has 2 aromatic carbocycles. The molecular formula is C16H15Cl2NO2. The van der Waals surface area contributed by atoms with Crippen LogP contribution in [0.5, 0.6) is 5.75 Å². The minimum Gasteiger partial charge on any atom is -0.494 e. The van der Waals surface area contributed by atoms with Gasteiger partial charge in [-0.25, -0.2) is 0 Å². The van der Waals surface area contributed by atoms with Crippen molar-refractivity contribution in [3.8, 4) is 5.75 Å². The van der Waals surface area contributed by atoms with Crippen LogP contribution in [0.15, 0.2) is 42.5 Å². The lowest BCUT2D eigenvalue weighted by atomic mass is 10.2. The van der Waals surface area contributed by atoms with E-state index in [4.69, 9.17) is 27.9 Å². The highest BCUT2D eigenvalue weighted by atomic mass is 35.5. The Kier molecular flexibility index (Phi) is 5.48. The van der Waals surface area contributed by atoms with Crippen LogP contribution >= 0.6 is 23.2 Å². The maximum absolute atomic E-state index is 12.3. The third-order valence-electron chi connectivity index (χ3n) is 2.77. The summed E-state index contributed by atoms with van der Waals surface area (Å²) < 4.78 is 5.51. The number of carbonyl (C=O) groups is 1. The first kappa shape index (κ1) is 15.7. The van der Waals surface area contributed by atoms with E-state index >= 15 is 0 Å². The number of anilines is 1. The molecule has 0 unspecified atom stereocenters. The summed E-state index contributed by atoms with van der Waals surface area (Å²) in [6, 6.07) is 12.0. The smallest absolute Gasteiger partial charge is 0.255 e. The molecule has 2 rings (SSSR count). The second kappa shape index (κ2) is 7.34. The quantitative estimate of drug-likeness (QED) is 0.837. The van der Waals surface area contributed by atoms with Crippen LogP contribution in [0.3, 0.4) is 0 Å². The molecule has 0 heterocycles. The van der Waals surface area contributed by atoms with Gasteiger partial charge in [-0.15, -0.1) is 0 Å². The van der Waals surface area contributed by atoms with Gasteiger partial charge in [0, 0.05) is 5.56 Å². The van der Waals surface area contributed by atoms with Gasteiger partial charge in [0.05, 0.1) is 22.3 Å². The molecule has 0 aliphatic rings. The molecule has 0 spiro atoms. The highest BCUT2D eigenvalue weighted by Crippen LogP contribution is 2.30. The highest BCUT2D eigenvalue weighted by Gasteiger charge is 2.12. The number of carbonyl (C=O) groups excluding carboxylic acids is 1. The number of rotatable bonds is 5. The molecule has 0 atom stereocenters. The van der Waals surface area contributed by atoms with E-state index in [9.17, 15) is 4.79 Å². The molecule has 0 saturated carbocycles. The number of halogens is 2. The van der Waals surface area contributed by atoms with Crippen molar-refractivity contribution in [1.29, 1.82) is 0 Å². The topological polar surface area (TPSA) is 38.3 Å². The Morgan fingerprint density at radius 3 is 2.48 bits per heavy atom. The largest absolute Gasteiger partial charge is 0.494 e. The number of nitrogens with one attached hydrogen (secondary N) is 1. The van der Waals surface area contributed by atoms with E-state index in [0.717, 1.165) is 6.42 Å². The Labute approximate surface area is 133 Å². The van der Waals surface area contributed by atoms with Crippen molar-refractivity contribution >= 4 is 34.8 Å². The summed E-state index contributed by atoms with van der Waals surface area (Å²) in [5.41, 5.74) is 0.894. The Balaban J connectivity index is 2.17. The molecule has 3 nitrogen and oxygen atoms in total. The lowest BCUT2D eigenvalue weighted by molar-refractivity contribution is 0.102.